The lowest BCUT2D eigenvalue weighted by Gasteiger charge is -2.17. The van der Waals surface area contributed by atoms with Gasteiger partial charge in [-0.3, -0.25) is 9.89 Å². The molecular weight excluding hydrogens is 230 g/mol. The first-order valence-electron chi connectivity index (χ1n) is 5.21. The molecule has 0 aliphatic rings. The number of aromatic amines is 1. The average Bonchev–Trinajstić information content (AvgIpc) is 2.83. The van der Waals surface area contributed by atoms with E-state index in [2.05, 4.69) is 10.2 Å². The lowest BCUT2D eigenvalue weighted by Crippen LogP contribution is -2.27. The van der Waals surface area contributed by atoms with Crippen molar-refractivity contribution < 1.29 is 4.79 Å². The van der Waals surface area contributed by atoms with Gasteiger partial charge < -0.3 is 10.6 Å². The van der Waals surface area contributed by atoms with Crippen LogP contribution in [0.15, 0.2) is 30.3 Å². The molecule has 1 heterocycles. The second kappa shape index (κ2) is 4.59. The number of hydrogen-bond donors (Lipinski definition) is 2. The third-order valence-electron chi connectivity index (χ3n) is 2.52. The molecule has 6 heteroatoms. The molecule has 0 saturated carbocycles. The molecule has 1 aromatic carbocycles. The monoisotopic (exact) mass is 241 g/mol. The van der Waals surface area contributed by atoms with Gasteiger partial charge >= 0.3 is 0 Å². The summed E-state index contributed by atoms with van der Waals surface area (Å²) in [6.45, 7) is 0. The summed E-state index contributed by atoms with van der Waals surface area (Å²) in [5.41, 5.74) is 6.70. The molecule has 1 aromatic heterocycles. The van der Waals surface area contributed by atoms with Gasteiger partial charge in [-0.1, -0.05) is 12.1 Å². The van der Waals surface area contributed by atoms with Crippen molar-refractivity contribution in [3.05, 3.63) is 41.6 Å². The molecule has 0 atom stereocenters. The van der Waals surface area contributed by atoms with Crippen LogP contribution in [0, 0.1) is 11.3 Å². The Morgan fingerprint density at radius 2 is 2.22 bits per heavy atom. The molecule has 0 saturated heterocycles. The Bertz CT molecular complexity index is 625. The average molecular weight is 241 g/mol. The van der Waals surface area contributed by atoms with Crippen molar-refractivity contribution >= 4 is 17.4 Å². The third-order valence-corrected chi connectivity index (χ3v) is 2.52. The van der Waals surface area contributed by atoms with E-state index in [1.807, 2.05) is 6.07 Å². The fourth-order valence-corrected chi connectivity index (χ4v) is 1.60. The number of nitrogen functional groups attached to an aromatic ring is 1. The van der Waals surface area contributed by atoms with Crippen LogP contribution in [-0.4, -0.2) is 23.2 Å². The van der Waals surface area contributed by atoms with E-state index < -0.39 is 0 Å². The Balaban J connectivity index is 2.34. The smallest absolute Gasteiger partial charge is 0.276 e. The molecule has 0 fully saturated rings. The second-order valence-corrected chi connectivity index (χ2v) is 3.70. The summed E-state index contributed by atoms with van der Waals surface area (Å²) in [6.07, 6.45) is 0. The molecule has 0 aliphatic carbocycles. The standard InChI is InChI=1S/C12H11N5O/c1-17(10-5-3-2-4-8(10)7-13)12(18)9-6-11(14)16-15-9/h2-6H,1H3,(H3,14,15,16). The minimum Gasteiger partial charge on any atom is -0.382 e. The SMILES string of the molecule is CN(C(=O)c1cc(N)n[nH]1)c1ccccc1C#N. The van der Waals surface area contributed by atoms with Gasteiger partial charge in [0.05, 0.1) is 11.3 Å². The normalized spacial score (nSPS) is 9.78. The molecule has 18 heavy (non-hydrogen) atoms. The second-order valence-electron chi connectivity index (χ2n) is 3.70. The Kier molecular flexibility index (Phi) is 2.98. The number of benzene rings is 1. The first-order chi connectivity index (χ1) is 8.63. The zero-order chi connectivity index (χ0) is 13.1. The fourth-order valence-electron chi connectivity index (χ4n) is 1.60. The van der Waals surface area contributed by atoms with E-state index in [0.717, 1.165) is 0 Å². The molecule has 90 valence electrons. The summed E-state index contributed by atoms with van der Waals surface area (Å²) in [7, 11) is 1.59. The van der Waals surface area contributed by atoms with E-state index in [1.165, 1.54) is 11.0 Å². The number of nitrogens with one attached hydrogen (secondary N) is 1. The highest BCUT2D eigenvalue weighted by Gasteiger charge is 2.17. The first-order valence-corrected chi connectivity index (χ1v) is 5.21. The van der Waals surface area contributed by atoms with Crippen LogP contribution in [0.5, 0.6) is 0 Å². The van der Waals surface area contributed by atoms with Crippen LogP contribution < -0.4 is 10.6 Å². The highest BCUT2D eigenvalue weighted by Crippen LogP contribution is 2.19. The molecule has 0 bridgehead atoms. The van der Waals surface area contributed by atoms with Gasteiger partial charge in [0.1, 0.15) is 17.6 Å². The van der Waals surface area contributed by atoms with Crippen molar-refractivity contribution in [2.24, 2.45) is 0 Å². The molecule has 0 spiro atoms. The van der Waals surface area contributed by atoms with Crippen molar-refractivity contribution in [3.63, 3.8) is 0 Å². The van der Waals surface area contributed by atoms with Crippen LogP contribution in [0.25, 0.3) is 0 Å². The molecule has 0 unspecified atom stereocenters. The van der Waals surface area contributed by atoms with Gasteiger partial charge in [0.25, 0.3) is 5.91 Å². The lowest BCUT2D eigenvalue weighted by molar-refractivity contribution is 0.0988. The van der Waals surface area contributed by atoms with Crippen molar-refractivity contribution in [1.29, 1.82) is 5.26 Å². The van der Waals surface area contributed by atoms with Crippen molar-refractivity contribution in [2.75, 3.05) is 17.7 Å². The van der Waals surface area contributed by atoms with Crippen LogP contribution in [0.3, 0.4) is 0 Å². The van der Waals surface area contributed by atoms with E-state index in [9.17, 15) is 4.79 Å². The Morgan fingerprint density at radius 3 is 2.83 bits per heavy atom. The van der Waals surface area contributed by atoms with Gasteiger partial charge in [-0.2, -0.15) is 10.4 Å². The molecule has 0 aliphatic heterocycles. The minimum absolute atomic E-state index is 0.250. The zero-order valence-corrected chi connectivity index (χ0v) is 9.71. The summed E-state index contributed by atoms with van der Waals surface area (Å²) < 4.78 is 0. The van der Waals surface area contributed by atoms with Crippen molar-refractivity contribution in [2.45, 2.75) is 0 Å². The number of nitrogens with two attached hydrogens (primary N) is 1. The molecule has 1 amide bonds. The number of anilines is 2. The van der Waals surface area contributed by atoms with Gasteiger partial charge in [0.15, 0.2) is 0 Å². The minimum atomic E-state index is -0.304. The molecule has 2 rings (SSSR count). The van der Waals surface area contributed by atoms with E-state index >= 15 is 0 Å². The van der Waals surface area contributed by atoms with Gasteiger partial charge in [0, 0.05) is 13.1 Å². The first kappa shape index (κ1) is 11.7. The third kappa shape index (κ3) is 2.01. The number of carbonyl (C=O) groups is 1. The van der Waals surface area contributed by atoms with Crippen LogP contribution in [-0.2, 0) is 0 Å². The molecule has 2 aromatic rings. The number of rotatable bonds is 2. The van der Waals surface area contributed by atoms with Crippen LogP contribution in [0.1, 0.15) is 16.1 Å². The summed E-state index contributed by atoms with van der Waals surface area (Å²) in [6, 6.07) is 10.4. The Hall–Kier alpha value is -2.81. The van der Waals surface area contributed by atoms with E-state index in [-0.39, 0.29) is 17.4 Å². The molecule has 3 N–H and O–H groups in total. The van der Waals surface area contributed by atoms with Gasteiger partial charge in [-0.25, -0.2) is 0 Å². The number of H-pyrrole nitrogens is 1. The van der Waals surface area contributed by atoms with Gasteiger partial charge in [0.2, 0.25) is 0 Å². The van der Waals surface area contributed by atoms with Gasteiger partial charge in [-0.05, 0) is 12.1 Å². The lowest BCUT2D eigenvalue weighted by atomic mass is 10.1. The molecular formula is C12H11N5O. The van der Waals surface area contributed by atoms with Crippen LogP contribution >= 0.6 is 0 Å². The van der Waals surface area contributed by atoms with Crippen LogP contribution in [0.2, 0.25) is 0 Å². The number of aromatic nitrogens is 2. The van der Waals surface area contributed by atoms with Crippen molar-refractivity contribution in [1.82, 2.24) is 10.2 Å². The number of carbonyl (C=O) groups excluding carboxylic acids is 1. The van der Waals surface area contributed by atoms with E-state index in [4.69, 9.17) is 11.0 Å². The summed E-state index contributed by atoms with van der Waals surface area (Å²) >= 11 is 0. The Morgan fingerprint density at radius 1 is 1.50 bits per heavy atom. The maximum Gasteiger partial charge on any atom is 0.276 e. The fraction of sp³-hybridized carbons (Fsp3) is 0.0833. The highest BCUT2D eigenvalue weighted by atomic mass is 16.2. The van der Waals surface area contributed by atoms with Crippen LogP contribution in [0.4, 0.5) is 11.5 Å². The number of nitrogens with zero attached hydrogens (tertiary/aromatic N) is 3. The molecule has 0 radical (unpaired) electrons. The number of nitriles is 1. The van der Waals surface area contributed by atoms with E-state index in [1.54, 1.807) is 31.3 Å². The predicted octanol–water partition coefficient (Wildman–Crippen LogP) is 1.14. The Labute approximate surface area is 104 Å². The number of para-hydroxylation sites is 1. The molecule has 6 nitrogen and oxygen atoms in total. The number of hydrogen-bond acceptors (Lipinski definition) is 4. The summed E-state index contributed by atoms with van der Waals surface area (Å²) in [5, 5.41) is 15.2. The zero-order valence-electron chi connectivity index (χ0n) is 9.71. The maximum atomic E-state index is 12.1. The topological polar surface area (TPSA) is 98.8 Å². The summed E-state index contributed by atoms with van der Waals surface area (Å²) in [5.74, 6) is -0.0535. The van der Waals surface area contributed by atoms with Crippen molar-refractivity contribution in [3.8, 4) is 6.07 Å². The largest absolute Gasteiger partial charge is 0.382 e. The quantitative estimate of drug-likeness (QED) is 0.823. The van der Waals surface area contributed by atoms with Gasteiger partial charge in [-0.15, -0.1) is 0 Å². The highest BCUT2D eigenvalue weighted by molar-refractivity contribution is 6.05. The van der Waals surface area contributed by atoms with E-state index in [0.29, 0.717) is 11.3 Å². The number of amides is 1. The maximum absolute atomic E-state index is 12.1. The summed E-state index contributed by atoms with van der Waals surface area (Å²) in [4.78, 5) is 13.5. The predicted molar refractivity (Wildman–Crippen MR) is 66.9 cm³/mol.